The normalized spacial score (nSPS) is 12.4. The number of carbonyl (C=O) groups is 1. The molecule has 1 amide bonds. The fourth-order valence-electron chi connectivity index (χ4n) is 3.01. The number of alkyl halides is 3. The van der Waals surface area contributed by atoms with Gasteiger partial charge in [-0.1, -0.05) is 51.1 Å². The lowest BCUT2D eigenvalue weighted by molar-refractivity contribution is -0.136. The second-order valence-corrected chi connectivity index (χ2v) is 7.77. The van der Waals surface area contributed by atoms with E-state index < -0.39 is 11.7 Å². The summed E-state index contributed by atoms with van der Waals surface area (Å²) in [6, 6.07) is 11.7. The molecule has 4 nitrogen and oxygen atoms in total. The van der Waals surface area contributed by atoms with Crippen molar-refractivity contribution in [3.05, 3.63) is 65.5 Å². The smallest absolute Gasteiger partial charge is 0.350 e. The Balaban J connectivity index is 1.70. The van der Waals surface area contributed by atoms with Gasteiger partial charge < -0.3 is 9.88 Å². The molecular formula is C21H22F3N3O. The minimum atomic E-state index is -4.51. The van der Waals surface area contributed by atoms with E-state index in [1.54, 1.807) is 0 Å². The zero-order chi connectivity index (χ0) is 20.5. The number of carbonyl (C=O) groups excluding carboxylic acids is 1. The molecule has 0 aliphatic rings. The minimum Gasteiger partial charge on any atom is -0.350 e. The van der Waals surface area contributed by atoms with Crippen molar-refractivity contribution >= 4 is 16.9 Å². The van der Waals surface area contributed by atoms with E-state index >= 15 is 0 Å². The molecule has 1 aromatic heterocycles. The van der Waals surface area contributed by atoms with Gasteiger partial charge in [0.25, 0.3) is 0 Å². The molecule has 2 aromatic carbocycles. The molecule has 0 bridgehead atoms. The van der Waals surface area contributed by atoms with Crippen LogP contribution in [0.3, 0.4) is 0 Å². The number of amides is 1. The number of fused-ring (bicyclic) bond motifs is 1. The molecule has 1 heterocycles. The summed E-state index contributed by atoms with van der Waals surface area (Å²) >= 11 is 0. The number of para-hydroxylation sites is 1. The van der Waals surface area contributed by atoms with Crippen molar-refractivity contribution in [1.29, 1.82) is 0 Å². The number of benzene rings is 2. The first kappa shape index (κ1) is 19.9. The van der Waals surface area contributed by atoms with E-state index in [9.17, 15) is 18.0 Å². The molecular weight excluding hydrogens is 367 g/mol. The largest absolute Gasteiger partial charge is 0.418 e. The Morgan fingerprint density at radius 3 is 2.36 bits per heavy atom. The summed E-state index contributed by atoms with van der Waals surface area (Å²) in [7, 11) is 0. The van der Waals surface area contributed by atoms with Gasteiger partial charge in [-0.25, -0.2) is 4.98 Å². The Kier molecular flexibility index (Phi) is 5.19. The van der Waals surface area contributed by atoms with Gasteiger partial charge in [0, 0.05) is 6.54 Å². The lowest BCUT2D eigenvalue weighted by atomic mass is 9.87. The Morgan fingerprint density at radius 1 is 1.07 bits per heavy atom. The van der Waals surface area contributed by atoms with Crippen LogP contribution in [0, 0.1) is 0 Å². The van der Waals surface area contributed by atoms with Crippen molar-refractivity contribution in [2.24, 2.45) is 0 Å². The molecule has 0 aliphatic heterocycles. The molecule has 0 saturated carbocycles. The van der Waals surface area contributed by atoms with E-state index in [-0.39, 0.29) is 28.9 Å². The van der Waals surface area contributed by atoms with Gasteiger partial charge in [0.2, 0.25) is 5.91 Å². The van der Waals surface area contributed by atoms with E-state index in [1.807, 2.05) is 24.3 Å². The van der Waals surface area contributed by atoms with Crippen molar-refractivity contribution in [1.82, 2.24) is 14.9 Å². The maximum atomic E-state index is 13.3. The second-order valence-electron chi connectivity index (χ2n) is 7.77. The van der Waals surface area contributed by atoms with Crippen LogP contribution in [0.1, 0.15) is 37.5 Å². The van der Waals surface area contributed by atoms with E-state index in [1.165, 1.54) is 28.6 Å². The van der Waals surface area contributed by atoms with Crippen molar-refractivity contribution in [3.63, 3.8) is 0 Å². The van der Waals surface area contributed by atoms with Crippen LogP contribution < -0.4 is 5.32 Å². The number of rotatable bonds is 4. The van der Waals surface area contributed by atoms with Crippen LogP contribution in [-0.2, 0) is 29.5 Å². The van der Waals surface area contributed by atoms with Gasteiger partial charge in [-0.2, -0.15) is 13.2 Å². The predicted molar refractivity (Wildman–Crippen MR) is 102 cm³/mol. The van der Waals surface area contributed by atoms with Gasteiger partial charge >= 0.3 is 6.18 Å². The molecule has 1 N–H and O–H groups in total. The number of aromatic nitrogens is 2. The Bertz CT molecular complexity index is 983. The summed E-state index contributed by atoms with van der Waals surface area (Å²) in [5, 5.41) is 2.75. The van der Waals surface area contributed by atoms with Crippen LogP contribution >= 0.6 is 0 Å². The van der Waals surface area contributed by atoms with Crippen LogP contribution in [-0.4, -0.2) is 15.5 Å². The molecule has 0 atom stereocenters. The molecule has 7 heteroatoms. The molecule has 3 aromatic rings. The highest BCUT2D eigenvalue weighted by atomic mass is 19.4. The lowest BCUT2D eigenvalue weighted by Gasteiger charge is -2.19. The van der Waals surface area contributed by atoms with Crippen LogP contribution in [0.15, 0.2) is 48.8 Å². The SMILES string of the molecule is CC(C)(C)c1ccc(CNC(=O)Cn2cnc3cccc(C(F)(F)F)c32)cc1. The Morgan fingerprint density at radius 2 is 1.75 bits per heavy atom. The number of hydrogen-bond donors (Lipinski definition) is 1. The van der Waals surface area contributed by atoms with E-state index in [0.717, 1.165) is 11.6 Å². The first-order chi connectivity index (χ1) is 13.1. The highest BCUT2D eigenvalue weighted by Crippen LogP contribution is 2.34. The number of nitrogens with one attached hydrogen (secondary N) is 1. The number of halogens is 3. The van der Waals surface area contributed by atoms with Crippen molar-refractivity contribution in [2.75, 3.05) is 0 Å². The van der Waals surface area contributed by atoms with Gasteiger partial charge in [0.15, 0.2) is 0 Å². The summed E-state index contributed by atoms with van der Waals surface area (Å²) in [5.74, 6) is -0.379. The quantitative estimate of drug-likeness (QED) is 0.705. The number of imidazole rings is 1. The molecule has 0 radical (unpaired) electrons. The number of nitrogens with zero attached hydrogens (tertiary/aromatic N) is 2. The molecule has 3 rings (SSSR count). The Hall–Kier alpha value is -2.83. The fourth-order valence-corrected chi connectivity index (χ4v) is 3.01. The molecule has 0 fully saturated rings. The zero-order valence-corrected chi connectivity index (χ0v) is 16.0. The fraction of sp³-hybridized carbons (Fsp3) is 0.333. The van der Waals surface area contributed by atoms with E-state index in [2.05, 4.69) is 31.1 Å². The first-order valence-corrected chi connectivity index (χ1v) is 8.93. The van der Waals surface area contributed by atoms with Gasteiger partial charge in [0.05, 0.1) is 22.9 Å². The lowest BCUT2D eigenvalue weighted by Crippen LogP contribution is -2.27. The van der Waals surface area contributed by atoms with Gasteiger partial charge in [-0.3, -0.25) is 4.79 Å². The zero-order valence-electron chi connectivity index (χ0n) is 16.0. The summed E-state index contributed by atoms with van der Waals surface area (Å²) < 4.78 is 41.0. The monoisotopic (exact) mass is 389 g/mol. The average Bonchev–Trinajstić information content (AvgIpc) is 3.01. The van der Waals surface area contributed by atoms with Crippen LogP contribution in [0.4, 0.5) is 13.2 Å². The van der Waals surface area contributed by atoms with Gasteiger partial charge in [-0.15, -0.1) is 0 Å². The highest BCUT2D eigenvalue weighted by molar-refractivity contribution is 5.83. The van der Waals surface area contributed by atoms with Crippen molar-refractivity contribution in [3.8, 4) is 0 Å². The summed E-state index contributed by atoms with van der Waals surface area (Å²) in [6.45, 7) is 6.43. The van der Waals surface area contributed by atoms with Gasteiger partial charge in [0.1, 0.15) is 6.54 Å². The van der Waals surface area contributed by atoms with E-state index in [4.69, 9.17) is 0 Å². The summed E-state index contributed by atoms with van der Waals surface area (Å²) in [4.78, 5) is 16.3. The molecule has 148 valence electrons. The third-order valence-corrected chi connectivity index (χ3v) is 4.57. The summed E-state index contributed by atoms with van der Waals surface area (Å²) in [5.41, 5.74) is 1.48. The number of hydrogen-bond acceptors (Lipinski definition) is 2. The average molecular weight is 389 g/mol. The third kappa shape index (κ3) is 4.35. The molecule has 0 spiro atoms. The predicted octanol–water partition coefficient (Wildman–Crippen LogP) is 4.67. The van der Waals surface area contributed by atoms with Crippen molar-refractivity contribution in [2.45, 2.75) is 45.5 Å². The summed E-state index contributed by atoms with van der Waals surface area (Å²) in [6.07, 6.45) is -3.25. The molecule has 0 saturated heterocycles. The first-order valence-electron chi connectivity index (χ1n) is 8.93. The standard InChI is InChI=1S/C21H22F3N3O/c1-20(2,3)15-9-7-14(8-10-15)11-25-18(28)12-27-13-26-17-6-4-5-16(19(17)27)21(22,23)24/h4-10,13H,11-12H2,1-3H3,(H,25,28). The van der Waals surface area contributed by atoms with Crippen LogP contribution in [0.25, 0.3) is 11.0 Å². The van der Waals surface area contributed by atoms with E-state index in [0.29, 0.717) is 6.54 Å². The molecule has 0 unspecified atom stereocenters. The molecule has 0 aliphatic carbocycles. The minimum absolute atomic E-state index is 0.0421. The second kappa shape index (κ2) is 7.30. The Labute approximate surface area is 161 Å². The maximum Gasteiger partial charge on any atom is 0.418 e. The maximum absolute atomic E-state index is 13.3. The molecule has 28 heavy (non-hydrogen) atoms. The third-order valence-electron chi connectivity index (χ3n) is 4.57. The highest BCUT2D eigenvalue weighted by Gasteiger charge is 2.34. The van der Waals surface area contributed by atoms with Crippen LogP contribution in [0.2, 0.25) is 0 Å². The van der Waals surface area contributed by atoms with Crippen molar-refractivity contribution < 1.29 is 18.0 Å². The van der Waals surface area contributed by atoms with Gasteiger partial charge in [-0.05, 0) is 28.7 Å². The topological polar surface area (TPSA) is 46.9 Å². The van der Waals surface area contributed by atoms with Crippen LogP contribution in [0.5, 0.6) is 0 Å².